The standard InChI is InChI=1S/C19H25N5O3/c1-19(2)12-23(10-14-6-7-15(26-3)8-16(14)27-19)18(25)20-17-11-24(22-21-17)9-13-4-5-13/h6-8,11,13H,4-5,9-10,12H2,1-3H3,(H,20,25). The van der Waals surface area contributed by atoms with Crippen LogP contribution in [-0.2, 0) is 13.1 Å². The van der Waals surface area contributed by atoms with Gasteiger partial charge in [-0.2, -0.15) is 0 Å². The largest absolute Gasteiger partial charge is 0.497 e. The van der Waals surface area contributed by atoms with E-state index in [2.05, 4.69) is 15.6 Å². The third-order valence-corrected chi connectivity index (χ3v) is 4.80. The predicted octanol–water partition coefficient (Wildman–Crippen LogP) is 2.90. The van der Waals surface area contributed by atoms with Gasteiger partial charge in [-0.25, -0.2) is 4.79 Å². The Kier molecular flexibility index (Phi) is 4.41. The van der Waals surface area contributed by atoms with Gasteiger partial charge in [-0.05, 0) is 44.7 Å². The zero-order valence-electron chi connectivity index (χ0n) is 15.9. The molecule has 2 amide bonds. The molecule has 0 bridgehead atoms. The summed E-state index contributed by atoms with van der Waals surface area (Å²) < 4.78 is 13.2. The number of benzene rings is 1. The van der Waals surface area contributed by atoms with Crippen molar-refractivity contribution in [1.29, 1.82) is 0 Å². The van der Waals surface area contributed by atoms with Gasteiger partial charge in [-0.3, -0.25) is 10.00 Å². The molecule has 1 saturated carbocycles. The number of nitrogens with one attached hydrogen (secondary N) is 1. The van der Waals surface area contributed by atoms with Gasteiger partial charge in [0.15, 0.2) is 5.82 Å². The van der Waals surface area contributed by atoms with Crippen molar-refractivity contribution in [3.8, 4) is 11.5 Å². The SMILES string of the molecule is COc1ccc2c(c1)OC(C)(C)CN(C(=O)Nc1cn(CC3CC3)nn1)C2. The van der Waals surface area contributed by atoms with Gasteiger partial charge in [-0.15, -0.1) is 5.10 Å². The Morgan fingerprint density at radius 3 is 2.96 bits per heavy atom. The number of ether oxygens (including phenoxy) is 2. The second-order valence-electron chi connectivity index (χ2n) is 7.89. The molecule has 1 N–H and O–H groups in total. The molecule has 1 aliphatic carbocycles. The molecule has 27 heavy (non-hydrogen) atoms. The maximum Gasteiger partial charge on any atom is 0.323 e. The van der Waals surface area contributed by atoms with Crippen LogP contribution in [0.25, 0.3) is 0 Å². The summed E-state index contributed by atoms with van der Waals surface area (Å²) in [4.78, 5) is 14.6. The van der Waals surface area contributed by atoms with Gasteiger partial charge in [0.05, 0.1) is 26.4 Å². The Bertz CT molecular complexity index is 844. The first-order valence-electron chi connectivity index (χ1n) is 9.24. The Labute approximate surface area is 158 Å². The minimum Gasteiger partial charge on any atom is -0.497 e. The van der Waals surface area contributed by atoms with Gasteiger partial charge in [0, 0.05) is 18.2 Å². The number of rotatable bonds is 4. The predicted molar refractivity (Wildman–Crippen MR) is 99.9 cm³/mol. The van der Waals surface area contributed by atoms with E-state index >= 15 is 0 Å². The summed E-state index contributed by atoms with van der Waals surface area (Å²) in [6, 6.07) is 5.46. The van der Waals surface area contributed by atoms with Gasteiger partial charge in [0.2, 0.25) is 0 Å². The van der Waals surface area contributed by atoms with Gasteiger partial charge in [-0.1, -0.05) is 5.21 Å². The van der Waals surface area contributed by atoms with Crippen LogP contribution in [0.1, 0.15) is 32.3 Å². The lowest BCUT2D eigenvalue weighted by Gasteiger charge is -2.29. The monoisotopic (exact) mass is 371 g/mol. The lowest BCUT2D eigenvalue weighted by Crippen LogP contribution is -2.44. The Hall–Kier alpha value is -2.77. The summed E-state index contributed by atoms with van der Waals surface area (Å²) in [6.07, 6.45) is 4.28. The van der Waals surface area contributed by atoms with Gasteiger partial charge in [0.1, 0.15) is 17.1 Å². The fraction of sp³-hybridized carbons (Fsp3) is 0.526. The molecule has 1 aliphatic heterocycles. The topological polar surface area (TPSA) is 81.5 Å². The molecule has 4 rings (SSSR count). The molecular weight excluding hydrogens is 346 g/mol. The number of methoxy groups -OCH3 is 1. The van der Waals surface area contributed by atoms with E-state index in [1.807, 2.05) is 32.0 Å². The minimum absolute atomic E-state index is 0.214. The number of hydrogen-bond acceptors (Lipinski definition) is 5. The summed E-state index contributed by atoms with van der Waals surface area (Å²) in [5, 5.41) is 11.0. The van der Waals surface area contributed by atoms with E-state index in [4.69, 9.17) is 9.47 Å². The molecule has 144 valence electrons. The van der Waals surface area contributed by atoms with E-state index in [0.717, 1.165) is 23.6 Å². The number of anilines is 1. The fourth-order valence-corrected chi connectivity index (χ4v) is 3.28. The first-order chi connectivity index (χ1) is 12.9. The summed E-state index contributed by atoms with van der Waals surface area (Å²) in [7, 11) is 1.62. The number of fused-ring (bicyclic) bond motifs is 1. The zero-order valence-corrected chi connectivity index (χ0v) is 15.9. The van der Waals surface area contributed by atoms with Crippen molar-refractivity contribution in [2.45, 2.75) is 45.4 Å². The van der Waals surface area contributed by atoms with Gasteiger partial charge >= 0.3 is 6.03 Å². The Balaban J connectivity index is 1.49. The van der Waals surface area contributed by atoms with Crippen LogP contribution in [0.5, 0.6) is 11.5 Å². The first-order valence-corrected chi connectivity index (χ1v) is 9.24. The second kappa shape index (κ2) is 6.75. The van der Waals surface area contributed by atoms with Gasteiger partial charge < -0.3 is 14.4 Å². The van der Waals surface area contributed by atoms with Crippen LogP contribution < -0.4 is 14.8 Å². The molecule has 0 spiro atoms. The minimum atomic E-state index is -0.529. The van der Waals surface area contributed by atoms with Crippen LogP contribution in [0, 0.1) is 5.92 Å². The van der Waals surface area contributed by atoms with E-state index in [1.165, 1.54) is 12.8 Å². The number of amides is 2. The average Bonchev–Trinajstić information content (AvgIpc) is 3.34. The maximum absolute atomic E-state index is 12.8. The quantitative estimate of drug-likeness (QED) is 0.894. The van der Waals surface area contributed by atoms with Crippen LogP contribution >= 0.6 is 0 Å². The first kappa shape index (κ1) is 17.6. The average molecular weight is 371 g/mol. The summed E-state index contributed by atoms with van der Waals surface area (Å²) in [6.45, 7) is 5.70. The van der Waals surface area contributed by atoms with Crippen molar-refractivity contribution >= 4 is 11.8 Å². The zero-order chi connectivity index (χ0) is 19.0. The van der Waals surface area contributed by atoms with E-state index in [1.54, 1.807) is 22.9 Å². The molecule has 8 nitrogen and oxygen atoms in total. The van der Waals surface area contributed by atoms with E-state index in [0.29, 0.717) is 24.8 Å². The molecule has 0 unspecified atom stereocenters. The van der Waals surface area contributed by atoms with Crippen molar-refractivity contribution in [1.82, 2.24) is 19.9 Å². The number of aromatic nitrogens is 3. The normalized spacial score (nSPS) is 18.3. The van der Waals surface area contributed by atoms with E-state index in [9.17, 15) is 4.79 Å². The van der Waals surface area contributed by atoms with Gasteiger partial charge in [0.25, 0.3) is 0 Å². The molecule has 1 fully saturated rings. The van der Waals surface area contributed by atoms with Crippen LogP contribution in [0.4, 0.5) is 10.6 Å². The maximum atomic E-state index is 12.8. The highest BCUT2D eigenvalue weighted by Crippen LogP contribution is 2.33. The molecule has 2 aromatic rings. The molecular formula is C19H25N5O3. The number of carbonyl (C=O) groups excluding carboxylic acids is 1. The number of urea groups is 1. The lowest BCUT2D eigenvalue weighted by atomic mass is 10.1. The molecule has 0 saturated heterocycles. The number of hydrogen-bond donors (Lipinski definition) is 1. The Morgan fingerprint density at radius 2 is 2.22 bits per heavy atom. The summed E-state index contributed by atoms with van der Waals surface area (Å²) in [5.74, 6) is 2.64. The third-order valence-electron chi connectivity index (χ3n) is 4.80. The van der Waals surface area contributed by atoms with Crippen LogP contribution in [-0.4, -0.2) is 45.2 Å². The van der Waals surface area contributed by atoms with Crippen LogP contribution in [0.3, 0.4) is 0 Å². The van der Waals surface area contributed by atoms with Crippen molar-refractivity contribution in [3.63, 3.8) is 0 Å². The molecule has 1 aromatic carbocycles. The van der Waals surface area contributed by atoms with E-state index < -0.39 is 5.60 Å². The third kappa shape index (κ3) is 4.15. The summed E-state index contributed by atoms with van der Waals surface area (Å²) in [5.41, 5.74) is 0.410. The molecule has 0 radical (unpaired) electrons. The van der Waals surface area contributed by atoms with Crippen molar-refractivity contribution < 1.29 is 14.3 Å². The summed E-state index contributed by atoms with van der Waals surface area (Å²) >= 11 is 0. The molecule has 0 atom stereocenters. The smallest absolute Gasteiger partial charge is 0.323 e. The molecule has 1 aromatic heterocycles. The highest BCUT2D eigenvalue weighted by atomic mass is 16.5. The molecule has 2 aliphatic rings. The van der Waals surface area contributed by atoms with E-state index in [-0.39, 0.29) is 6.03 Å². The van der Waals surface area contributed by atoms with Crippen molar-refractivity contribution in [2.75, 3.05) is 19.0 Å². The molecule has 2 heterocycles. The van der Waals surface area contributed by atoms with Crippen LogP contribution in [0.2, 0.25) is 0 Å². The fourth-order valence-electron chi connectivity index (χ4n) is 3.28. The number of nitrogens with zero attached hydrogens (tertiary/aromatic N) is 4. The van der Waals surface area contributed by atoms with Crippen molar-refractivity contribution in [2.24, 2.45) is 5.92 Å². The molecule has 8 heteroatoms. The second-order valence-corrected chi connectivity index (χ2v) is 7.89. The lowest BCUT2D eigenvalue weighted by molar-refractivity contribution is 0.0833. The highest BCUT2D eigenvalue weighted by Gasteiger charge is 2.32. The highest BCUT2D eigenvalue weighted by molar-refractivity contribution is 5.88. The Morgan fingerprint density at radius 1 is 1.41 bits per heavy atom. The van der Waals surface area contributed by atoms with Crippen LogP contribution in [0.15, 0.2) is 24.4 Å². The van der Waals surface area contributed by atoms with Crippen molar-refractivity contribution in [3.05, 3.63) is 30.0 Å². The number of carbonyl (C=O) groups is 1.